The Bertz CT molecular complexity index is 2980. The Kier molecular flexibility index (Phi) is 37.8. The molecule has 0 amide bonds. The first kappa shape index (κ1) is 95.2. The molecule has 0 aliphatic carbocycles. The zero-order valence-corrected chi connectivity index (χ0v) is 67.5. The summed E-state index contributed by atoms with van der Waals surface area (Å²) in [6, 6.07) is 0. The van der Waals surface area contributed by atoms with Gasteiger partial charge in [-0.3, -0.25) is 54.5 Å². The number of ether oxygens (including phenoxy) is 6. The van der Waals surface area contributed by atoms with Crippen LogP contribution in [-0.2, 0) is 124 Å². The fourth-order valence-corrected chi connectivity index (χ4v) is 17.5. The predicted octanol–water partition coefficient (Wildman–Crippen LogP) is 10.9. The van der Waals surface area contributed by atoms with E-state index < -0.39 is 202 Å². The van der Waals surface area contributed by atoms with Crippen molar-refractivity contribution in [2.45, 2.75) is 314 Å². The summed E-state index contributed by atoms with van der Waals surface area (Å²) in [4.78, 5) is 90.5. The largest absolute Gasteiger partial charge is 0.472 e. The van der Waals surface area contributed by atoms with E-state index in [4.69, 9.17) is 82.7 Å². The van der Waals surface area contributed by atoms with E-state index in [-0.39, 0.29) is 83.5 Å². The summed E-state index contributed by atoms with van der Waals surface area (Å²) in [6.07, 6.45) is -10.8. The van der Waals surface area contributed by atoms with Gasteiger partial charge in [0.1, 0.15) is 54.9 Å². The topological polar surface area (TPSA) is 502 Å². The molecule has 45 heteroatoms. The van der Waals surface area contributed by atoms with E-state index in [1.54, 1.807) is 90.0 Å². The Labute approximate surface area is 588 Å². The zero-order chi connectivity index (χ0) is 75.6. The SMILES string of the molecule is C.CC(C)P(=O)(O)OC[C@H]1O[C@@H](C)C[C@@H]1OP(=O)(O)C(C)C.CC(C)P(=O)(O)OC[C@H]1O[C@@H](C)C[C@@H]1OP(=O)(O)OC[C@H]1O[C@@H](C)C[C@@H]1OP(=O)(O)C(C)C.CC(C)P(=O)(O)OC[C@H]1O[C@@H](C)C[C@@H]1OP(=O)(O)OC[C@H]1O[C@@H](C)C[C@@H]1OP(=O)(O)OC[C@H]1O[C@@H](C)C[C@@H]1OP(=O)(O)C(C)C. The fraction of sp³-hybridized carbons (Fsp3) is 1.00. The van der Waals surface area contributed by atoms with Crippen molar-refractivity contribution in [1.29, 1.82) is 0 Å². The van der Waals surface area contributed by atoms with E-state index in [1.807, 2.05) is 6.92 Å². The lowest BCUT2D eigenvalue weighted by atomic mass is 10.1. The minimum Gasteiger partial charge on any atom is -0.370 e. The number of phosphoric ester groups is 3. The van der Waals surface area contributed by atoms with Gasteiger partial charge in [-0.2, -0.15) is 0 Å². The molecule has 9 unspecified atom stereocenters. The van der Waals surface area contributed by atoms with Crippen LogP contribution in [0.1, 0.15) is 171 Å². The van der Waals surface area contributed by atoms with Gasteiger partial charge in [-0.05, 0) is 41.5 Å². The smallest absolute Gasteiger partial charge is 0.370 e. The molecule has 6 aliphatic rings. The molecule has 6 aliphatic heterocycles. The van der Waals surface area contributed by atoms with Crippen LogP contribution in [-0.4, -0.2) is 228 Å². The molecule has 6 fully saturated rings. The molecule has 36 nitrogen and oxygen atoms in total. The van der Waals surface area contributed by atoms with Gasteiger partial charge in [0.25, 0.3) is 0 Å². The molecular formula is C55H115O36P9. The van der Waals surface area contributed by atoms with Crippen molar-refractivity contribution in [1.82, 2.24) is 0 Å². The highest BCUT2D eigenvalue weighted by Crippen LogP contribution is 2.57. The van der Waals surface area contributed by atoms with E-state index in [2.05, 4.69) is 0 Å². The first-order valence-electron chi connectivity index (χ1n) is 32.9. The second-order valence-corrected chi connectivity index (χ2v) is 45.9. The third-order valence-electron chi connectivity index (χ3n) is 16.4. The van der Waals surface area contributed by atoms with E-state index in [9.17, 15) is 85.1 Å². The number of hydrogen-bond acceptors (Lipinski definition) is 27. The molecule has 0 aromatic rings. The van der Waals surface area contributed by atoms with Crippen LogP contribution in [0.3, 0.4) is 0 Å². The van der Waals surface area contributed by atoms with E-state index >= 15 is 0 Å². The van der Waals surface area contributed by atoms with Crippen molar-refractivity contribution >= 4 is 69.0 Å². The molecule has 0 aromatic carbocycles. The molecule has 6 rings (SSSR count). The molecule has 0 spiro atoms. The number of hydrogen-bond donors (Lipinski definition) is 9. The maximum atomic E-state index is 12.9. The summed E-state index contributed by atoms with van der Waals surface area (Å²) in [5, 5.41) is 0. The van der Waals surface area contributed by atoms with Gasteiger partial charge in [0.2, 0.25) is 0 Å². The molecule has 0 radical (unpaired) electrons. The molecule has 0 aromatic heterocycles. The van der Waals surface area contributed by atoms with Crippen molar-refractivity contribution in [2.75, 3.05) is 39.6 Å². The van der Waals surface area contributed by atoms with Gasteiger partial charge >= 0.3 is 69.0 Å². The van der Waals surface area contributed by atoms with Crippen LogP contribution in [0.5, 0.6) is 0 Å². The van der Waals surface area contributed by atoms with Crippen molar-refractivity contribution in [3.63, 3.8) is 0 Å². The monoisotopic (exact) mass is 1630 g/mol. The highest BCUT2D eigenvalue weighted by Gasteiger charge is 2.49. The molecule has 100 heavy (non-hydrogen) atoms. The van der Waals surface area contributed by atoms with Gasteiger partial charge in [0.15, 0.2) is 0 Å². The summed E-state index contributed by atoms with van der Waals surface area (Å²) < 4.78 is 207. The average molecular weight is 1630 g/mol. The highest BCUT2D eigenvalue weighted by atomic mass is 31.2. The van der Waals surface area contributed by atoms with Gasteiger partial charge in [-0.25, -0.2) is 13.7 Å². The Hall–Kier alpha value is 0.990. The van der Waals surface area contributed by atoms with E-state index in [0.29, 0.717) is 12.8 Å². The molecule has 9 N–H and O–H groups in total. The summed E-state index contributed by atoms with van der Waals surface area (Å²) in [6.45, 7) is 26.9. The summed E-state index contributed by atoms with van der Waals surface area (Å²) in [7, 11) is -37.1. The molecule has 0 saturated carbocycles. The summed E-state index contributed by atoms with van der Waals surface area (Å²) in [5.41, 5.74) is -3.59. The third kappa shape index (κ3) is 31.0. The van der Waals surface area contributed by atoms with Gasteiger partial charge in [0, 0.05) is 38.5 Å². The van der Waals surface area contributed by atoms with E-state index in [0.717, 1.165) is 0 Å². The van der Waals surface area contributed by atoms with Crippen LogP contribution < -0.4 is 0 Å². The van der Waals surface area contributed by atoms with Crippen LogP contribution in [0.15, 0.2) is 0 Å². The maximum Gasteiger partial charge on any atom is 0.472 e. The van der Waals surface area contributed by atoms with Crippen molar-refractivity contribution in [3.05, 3.63) is 0 Å². The van der Waals surface area contributed by atoms with Crippen LogP contribution in [0.4, 0.5) is 0 Å². The minimum absolute atomic E-state index is 0. The lowest BCUT2D eigenvalue weighted by Gasteiger charge is -2.26. The predicted molar refractivity (Wildman–Crippen MR) is 365 cm³/mol. The Morgan fingerprint density at radius 1 is 0.260 bits per heavy atom. The minimum atomic E-state index is -4.75. The van der Waals surface area contributed by atoms with Crippen LogP contribution in [0, 0.1) is 0 Å². The molecule has 6 saturated heterocycles. The normalized spacial score (nSPS) is 35.7. The fourth-order valence-electron chi connectivity index (χ4n) is 10.1. The number of rotatable bonds is 36. The lowest BCUT2D eigenvalue weighted by molar-refractivity contribution is -0.0394. The molecule has 0 bridgehead atoms. The zero-order valence-electron chi connectivity index (χ0n) is 59.4. The Balaban J connectivity index is 0.000000415. The highest BCUT2D eigenvalue weighted by molar-refractivity contribution is 7.55. The van der Waals surface area contributed by atoms with Crippen LogP contribution in [0.2, 0.25) is 0 Å². The molecule has 27 atom stereocenters. The van der Waals surface area contributed by atoms with Gasteiger partial charge in [0.05, 0.1) is 129 Å². The number of phosphoric acid groups is 3. The van der Waals surface area contributed by atoms with Crippen molar-refractivity contribution in [2.24, 2.45) is 0 Å². The first-order valence-corrected chi connectivity index (χ1v) is 47.3. The van der Waals surface area contributed by atoms with Gasteiger partial charge in [-0.15, -0.1) is 0 Å². The maximum absolute atomic E-state index is 12.9. The van der Waals surface area contributed by atoms with E-state index in [1.165, 1.54) is 27.7 Å². The van der Waals surface area contributed by atoms with Gasteiger partial charge in [-0.1, -0.05) is 90.5 Å². The Morgan fingerprint density at radius 3 is 0.550 bits per heavy atom. The second-order valence-electron chi connectivity index (χ2n) is 27.3. The molecular weight excluding hydrogens is 1520 g/mol. The third-order valence-corrected chi connectivity index (χ3v) is 30.5. The summed E-state index contributed by atoms with van der Waals surface area (Å²) >= 11 is 0. The van der Waals surface area contributed by atoms with Crippen molar-refractivity contribution in [3.8, 4) is 0 Å². The summed E-state index contributed by atoms with van der Waals surface area (Å²) in [5.74, 6) is 0. The standard InChI is InChI=1S/C24H48O17P4.C18H37O12P3.C12H26O7P2.CH4/c1-14(2)42(25,26)33-11-22-20(9-17(6)36-22)40-45(31,32)35-13-24-21(10-18(7)38-24)41-44(29,30)34-12-23-19(8-16(5)37-23)39-43(27,28)15(3)4;1-11(2)31(19,20)25-9-17-16(8-14(6)27-17)30-33(23,24)26-10-18-15(7-13(5)28-18)29-32(21,22)12(3)4;1-8(2)20(13,14)17-7-12-11(6-10(5)18-12)19-21(15,16)9(3)4;/h14-24H,8-13H2,1-7H3,(H,25,26)(H,27,28)(H,29,30)(H,31,32);11-18H,7-10H2,1-6H3,(H,19,20)(H,21,22)(H,23,24);8-12H,6-7H2,1-5H3,(H,13,14)(H,15,16);1H4/t16-,17-,18-,19-,20-,21-,22+,23+,24+;13-,14-,15-,16-,17+,18+;10-,11-,12+;/m000./s1. The Morgan fingerprint density at radius 2 is 0.400 bits per heavy atom. The second kappa shape index (κ2) is 39.8. The molecule has 6 heterocycles. The molecule has 596 valence electrons. The first-order chi connectivity index (χ1) is 45.1. The quantitative estimate of drug-likeness (QED) is 0.0263. The van der Waals surface area contributed by atoms with Crippen LogP contribution >= 0.6 is 69.0 Å². The van der Waals surface area contributed by atoms with Crippen molar-refractivity contribution < 1.29 is 168 Å². The average Bonchev–Trinajstić information content (AvgIpc) is 1.67. The van der Waals surface area contributed by atoms with Gasteiger partial charge < -0.3 is 99.6 Å². The van der Waals surface area contributed by atoms with Crippen LogP contribution in [0.25, 0.3) is 0 Å². The lowest BCUT2D eigenvalue weighted by Crippen LogP contribution is -2.31.